The number of nitrogens with one attached hydrogen (secondary N) is 1. The minimum atomic E-state index is -5.08. The van der Waals surface area contributed by atoms with Crippen LogP contribution in [0.5, 0.6) is 0 Å². The molecule has 5 rings (SSSR count). The van der Waals surface area contributed by atoms with Gasteiger partial charge in [0.2, 0.25) is 5.82 Å². The van der Waals surface area contributed by atoms with Crippen LogP contribution >= 0.6 is 0 Å². The van der Waals surface area contributed by atoms with Gasteiger partial charge in [0.25, 0.3) is 5.89 Å². The molecule has 0 bridgehead atoms. The lowest BCUT2D eigenvalue weighted by molar-refractivity contribution is -0.193. The minimum absolute atomic E-state index is 0.482. The third kappa shape index (κ3) is 8.35. The third-order valence-corrected chi connectivity index (χ3v) is 5.79. The molecule has 3 N–H and O–H groups in total. The molecule has 0 saturated carbocycles. The number of aryl methyl sites for hydroxylation is 1. The number of alkyl halides is 6. The maximum absolute atomic E-state index is 10.6. The molecule has 0 amide bonds. The Kier molecular flexibility index (Phi) is 10.4. The zero-order chi connectivity index (χ0) is 31.1. The largest absolute Gasteiger partial charge is 0.490 e. The average molecular weight is 606 g/mol. The monoisotopic (exact) mass is 606 g/mol. The molecular formula is C24H24F6N6O6. The van der Waals surface area contributed by atoms with Gasteiger partial charge in [-0.2, -0.15) is 31.3 Å². The number of hydrogen-bond donors (Lipinski definition) is 3. The van der Waals surface area contributed by atoms with E-state index in [1.165, 1.54) is 11.1 Å². The summed E-state index contributed by atoms with van der Waals surface area (Å²) in [5.41, 5.74) is 5.23. The van der Waals surface area contributed by atoms with Gasteiger partial charge in [0.1, 0.15) is 5.82 Å². The molecule has 42 heavy (non-hydrogen) atoms. The lowest BCUT2D eigenvalue weighted by atomic mass is 9.95. The molecule has 228 valence electrons. The minimum Gasteiger partial charge on any atom is -0.475 e. The summed E-state index contributed by atoms with van der Waals surface area (Å²) >= 11 is 0. The number of ether oxygens (including phenoxy) is 1. The molecule has 3 aromatic rings. The Morgan fingerprint density at radius 2 is 1.64 bits per heavy atom. The van der Waals surface area contributed by atoms with Crippen molar-refractivity contribution >= 4 is 17.8 Å². The number of anilines is 1. The summed E-state index contributed by atoms with van der Waals surface area (Å²) in [4.78, 5) is 33.8. The molecule has 12 nitrogen and oxygen atoms in total. The Hall–Kier alpha value is -4.32. The second-order valence-electron chi connectivity index (χ2n) is 8.65. The van der Waals surface area contributed by atoms with Crippen LogP contribution in [0.2, 0.25) is 0 Å². The van der Waals surface area contributed by atoms with Gasteiger partial charge in [-0.25, -0.2) is 14.6 Å². The van der Waals surface area contributed by atoms with Crippen LogP contribution in [0.3, 0.4) is 0 Å². The number of pyridine rings is 2. The van der Waals surface area contributed by atoms with E-state index in [9.17, 15) is 26.3 Å². The van der Waals surface area contributed by atoms with Crippen LogP contribution in [0, 0.1) is 6.92 Å². The van der Waals surface area contributed by atoms with Gasteiger partial charge < -0.3 is 29.7 Å². The Labute approximate surface area is 233 Å². The van der Waals surface area contributed by atoms with Crippen molar-refractivity contribution in [1.82, 2.24) is 25.4 Å². The first-order valence-corrected chi connectivity index (χ1v) is 12.1. The van der Waals surface area contributed by atoms with Crippen molar-refractivity contribution in [3.63, 3.8) is 0 Å². The Morgan fingerprint density at radius 3 is 2.24 bits per heavy atom. The Bertz CT molecular complexity index is 1370. The number of rotatable bonds is 3. The lowest BCUT2D eigenvalue weighted by Crippen LogP contribution is -2.37. The molecule has 1 fully saturated rings. The number of carboxylic acid groups (broad SMARTS) is 2. The van der Waals surface area contributed by atoms with Crippen LogP contribution in [-0.2, 0) is 27.3 Å². The van der Waals surface area contributed by atoms with Gasteiger partial charge in [-0.1, -0.05) is 5.16 Å². The molecule has 0 aromatic carbocycles. The van der Waals surface area contributed by atoms with Gasteiger partial charge in [-0.3, -0.25) is 4.98 Å². The fourth-order valence-corrected chi connectivity index (χ4v) is 3.89. The predicted molar refractivity (Wildman–Crippen MR) is 131 cm³/mol. The van der Waals surface area contributed by atoms with Crippen LogP contribution in [0.15, 0.2) is 29.0 Å². The highest BCUT2D eigenvalue weighted by Crippen LogP contribution is 2.33. The summed E-state index contributed by atoms with van der Waals surface area (Å²) in [6.07, 6.45) is -5.50. The number of fused-ring (bicyclic) bond motifs is 1. The molecule has 0 atom stereocenters. The first-order valence-electron chi connectivity index (χ1n) is 12.1. The Balaban J connectivity index is 0.000000289. The van der Waals surface area contributed by atoms with E-state index in [0.29, 0.717) is 24.9 Å². The number of aliphatic carboxylic acids is 2. The quantitative estimate of drug-likeness (QED) is 0.374. The normalized spacial score (nSPS) is 15.0. The van der Waals surface area contributed by atoms with Crippen molar-refractivity contribution in [2.75, 3.05) is 37.7 Å². The van der Waals surface area contributed by atoms with E-state index in [0.717, 1.165) is 55.2 Å². The molecule has 1 saturated heterocycles. The molecule has 0 unspecified atom stereocenters. The molecule has 0 spiro atoms. The highest BCUT2D eigenvalue weighted by molar-refractivity contribution is 5.74. The van der Waals surface area contributed by atoms with E-state index in [-0.39, 0.29) is 0 Å². The predicted octanol–water partition coefficient (Wildman–Crippen LogP) is 3.25. The SMILES string of the molecule is Cc1ncc2c(c1-c1noc(-c3cccnc3N3CCOCC3)n1)CCNC2.O=C(O)C(F)(F)F.O=C(O)C(F)(F)F. The number of nitrogens with zero attached hydrogens (tertiary/aromatic N) is 5. The summed E-state index contributed by atoms with van der Waals surface area (Å²) in [6.45, 7) is 6.75. The second kappa shape index (κ2) is 13.6. The number of carboxylic acids is 2. The third-order valence-electron chi connectivity index (χ3n) is 5.79. The van der Waals surface area contributed by atoms with Crippen molar-refractivity contribution in [3.05, 3.63) is 41.3 Å². The van der Waals surface area contributed by atoms with Crippen LogP contribution in [0.25, 0.3) is 22.8 Å². The summed E-state index contributed by atoms with van der Waals surface area (Å²) < 4.78 is 74.6. The van der Waals surface area contributed by atoms with E-state index < -0.39 is 24.3 Å². The highest BCUT2D eigenvalue weighted by atomic mass is 19.4. The highest BCUT2D eigenvalue weighted by Gasteiger charge is 2.39. The summed E-state index contributed by atoms with van der Waals surface area (Å²) in [5, 5.41) is 21.9. The Morgan fingerprint density at radius 1 is 1.02 bits per heavy atom. The molecule has 18 heteroatoms. The van der Waals surface area contributed by atoms with Crippen LogP contribution < -0.4 is 10.2 Å². The maximum Gasteiger partial charge on any atom is 0.490 e. The van der Waals surface area contributed by atoms with E-state index in [1.54, 1.807) is 6.20 Å². The maximum atomic E-state index is 10.6. The zero-order valence-corrected chi connectivity index (χ0v) is 21.8. The molecule has 5 heterocycles. The van der Waals surface area contributed by atoms with Gasteiger partial charge in [0.15, 0.2) is 0 Å². The lowest BCUT2D eigenvalue weighted by Gasteiger charge is -2.28. The van der Waals surface area contributed by atoms with Crippen molar-refractivity contribution in [2.24, 2.45) is 0 Å². The molecule has 0 aliphatic carbocycles. The van der Waals surface area contributed by atoms with Crippen LogP contribution in [0.1, 0.15) is 16.8 Å². The van der Waals surface area contributed by atoms with Crippen molar-refractivity contribution in [2.45, 2.75) is 32.2 Å². The smallest absolute Gasteiger partial charge is 0.475 e. The van der Waals surface area contributed by atoms with Gasteiger partial charge in [0, 0.05) is 43.3 Å². The number of carbonyl (C=O) groups is 2. The molecule has 0 radical (unpaired) electrons. The van der Waals surface area contributed by atoms with E-state index in [2.05, 4.69) is 25.3 Å². The molecule has 2 aliphatic rings. The van der Waals surface area contributed by atoms with Crippen molar-refractivity contribution in [1.29, 1.82) is 0 Å². The zero-order valence-electron chi connectivity index (χ0n) is 21.8. The van der Waals surface area contributed by atoms with Gasteiger partial charge in [0.05, 0.1) is 18.8 Å². The number of hydrogen-bond acceptors (Lipinski definition) is 10. The molecular weight excluding hydrogens is 582 g/mol. The van der Waals surface area contributed by atoms with E-state index in [4.69, 9.17) is 34.0 Å². The fourth-order valence-electron chi connectivity index (χ4n) is 3.89. The van der Waals surface area contributed by atoms with Crippen molar-refractivity contribution in [3.8, 4) is 22.8 Å². The number of aromatic nitrogens is 4. The average Bonchev–Trinajstić information content (AvgIpc) is 3.43. The first kappa shape index (κ1) is 32.2. The number of halogens is 6. The topological polar surface area (TPSA) is 164 Å². The first-order chi connectivity index (χ1) is 19.7. The second-order valence-corrected chi connectivity index (χ2v) is 8.65. The van der Waals surface area contributed by atoms with Crippen LogP contribution in [0.4, 0.5) is 32.2 Å². The molecule has 3 aromatic heterocycles. The van der Waals surface area contributed by atoms with Gasteiger partial charge in [-0.15, -0.1) is 0 Å². The summed E-state index contributed by atoms with van der Waals surface area (Å²) in [7, 11) is 0. The molecule has 2 aliphatic heterocycles. The van der Waals surface area contributed by atoms with Crippen LogP contribution in [-0.4, -0.2) is 87.5 Å². The van der Waals surface area contributed by atoms with Crippen molar-refractivity contribution < 1.29 is 55.4 Å². The summed E-state index contributed by atoms with van der Waals surface area (Å²) in [6, 6.07) is 3.87. The van der Waals surface area contributed by atoms with Gasteiger partial charge >= 0.3 is 24.3 Å². The van der Waals surface area contributed by atoms with E-state index >= 15 is 0 Å². The van der Waals surface area contributed by atoms with Gasteiger partial charge in [-0.05, 0) is 43.1 Å². The fraction of sp³-hybridized carbons (Fsp3) is 0.417. The summed E-state index contributed by atoms with van der Waals surface area (Å²) in [5.74, 6) is -3.58. The van der Waals surface area contributed by atoms with E-state index in [1.807, 2.05) is 25.3 Å². The standard InChI is InChI=1S/C20H22N6O2.2C2HF3O2/c1-13-17(15-4-6-21-11-14(15)12-23-13)18-24-20(28-25-18)16-3-2-5-22-19(16)26-7-9-27-10-8-26;2*3-2(4,5)1(6)7/h2-3,5,12,21H,4,6-11H2,1H3;2*(H,6,7). The number of morpholine rings is 1.